The normalized spacial score (nSPS) is 17.7. The molecule has 2 aromatic carbocycles. The molecule has 6 heteroatoms. The van der Waals surface area contributed by atoms with Crippen LogP contribution in [0.1, 0.15) is 42.1 Å². The van der Waals surface area contributed by atoms with Gasteiger partial charge in [0.15, 0.2) is 0 Å². The molecular formula is C21H21FN2O3. The summed E-state index contributed by atoms with van der Waals surface area (Å²) in [7, 11) is 0. The highest BCUT2D eigenvalue weighted by molar-refractivity contribution is 6.06. The van der Waals surface area contributed by atoms with Crippen molar-refractivity contribution >= 4 is 17.5 Å². The van der Waals surface area contributed by atoms with Gasteiger partial charge in [-0.15, -0.1) is 0 Å². The molecule has 3 N–H and O–H groups in total. The summed E-state index contributed by atoms with van der Waals surface area (Å²) in [6.07, 6.45) is 0.783. The number of nitrogens with one attached hydrogen (secondary N) is 2. The summed E-state index contributed by atoms with van der Waals surface area (Å²) >= 11 is 0. The molecule has 0 bridgehead atoms. The van der Waals surface area contributed by atoms with E-state index in [1.807, 2.05) is 13.0 Å². The number of carbonyl (C=O) groups is 2. The lowest BCUT2D eigenvalue weighted by Gasteiger charge is -2.24. The second-order valence-corrected chi connectivity index (χ2v) is 6.68. The lowest BCUT2D eigenvalue weighted by Crippen LogP contribution is -2.32. The molecule has 1 aliphatic rings. The van der Waals surface area contributed by atoms with Crippen molar-refractivity contribution in [3.8, 4) is 0 Å². The summed E-state index contributed by atoms with van der Waals surface area (Å²) in [4.78, 5) is 24.6. The van der Waals surface area contributed by atoms with E-state index in [1.165, 1.54) is 18.3 Å². The minimum absolute atomic E-state index is 0.0650. The topological polar surface area (TPSA) is 78.4 Å². The number of hydrogen-bond acceptors (Lipinski definition) is 3. The van der Waals surface area contributed by atoms with E-state index >= 15 is 0 Å². The number of amides is 2. The predicted molar refractivity (Wildman–Crippen MR) is 100 cm³/mol. The van der Waals surface area contributed by atoms with Crippen LogP contribution in [0.25, 0.3) is 0 Å². The molecule has 2 unspecified atom stereocenters. The SMILES string of the molecule is Cc1ccc(NC(=O)C2=CNC(=O)CC2c2cccc(F)c2)cc1C(C)O. The Morgan fingerprint density at radius 3 is 2.78 bits per heavy atom. The highest BCUT2D eigenvalue weighted by Crippen LogP contribution is 2.31. The van der Waals surface area contributed by atoms with Crippen molar-refractivity contribution in [2.24, 2.45) is 0 Å². The number of carbonyl (C=O) groups excluding carboxylic acids is 2. The highest BCUT2D eigenvalue weighted by atomic mass is 19.1. The van der Waals surface area contributed by atoms with Crippen molar-refractivity contribution in [2.75, 3.05) is 5.32 Å². The highest BCUT2D eigenvalue weighted by Gasteiger charge is 2.29. The van der Waals surface area contributed by atoms with Crippen molar-refractivity contribution < 1.29 is 19.1 Å². The summed E-state index contributed by atoms with van der Waals surface area (Å²) in [5.41, 5.74) is 3.10. The van der Waals surface area contributed by atoms with E-state index in [0.717, 1.165) is 11.1 Å². The quantitative estimate of drug-likeness (QED) is 0.775. The molecule has 0 radical (unpaired) electrons. The van der Waals surface area contributed by atoms with Crippen LogP contribution in [0.2, 0.25) is 0 Å². The fraction of sp³-hybridized carbons (Fsp3) is 0.238. The van der Waals surface area contributed by atoms with Crippen molar-refractivity contribution in [3.05, 3.63) is 76.7 Å². The summed E-state index contributed by atoms with van der Waals surface area (Å²) in [6.45, 7) is 3.54. The maximum Gasteiger partial charge on any atom is 0.253 e. The first-order valence-electron chi connectivity index (χ1n) is 8.70. The molecule has 5 nitrogen and oxygen atoms in total. The van der Waals surface area contributed by atoms with Crippen LogP contribution in [-0.4, -0.2) is 16.9 Å². The number of aliphatic hydroxyl groups excluding tert-OH is 1. The van der Waals surface area contributed by atoms with E-state index in [2.05, 4.69) is 10.6 Å². The largest absolute Gasteiger partial charge is 0.389 e. The number of aryl methyl sites for hydroxylation is 1. The first-order chi connectivity index (χ1) is 12.8. The molecular weight excluding hydrogens is 347 g/mol. The number of halogens is 1. The van der Waals surface area contributed by atoms with Crippen molar-refractivity contribution in [1.82, 2.24) is 5.32 Å². The van der Waals surface area contributed by atoms with E-state index in [1.54, 1.807) is 31.2 Å². The molecule has 2 atom stereocenters. The smallest absolute Gasteiger partial charge is 0.253 e. The molecule has 27 heavy (non-hydrogen) atoms. The third kappa shape index (κ3) is 4.23. The van der Waals surface area contributed by atoms with Crippen molar-refractivity contribution in [3.63, 3.8) is 0 Å². The van der Waals surface area contributed by atoms with Gasteiger partial charge >= 0.3 is 0 Å². The average molecular weight is 368 g/mol. The number of hydrogen-bond donors (Lipinski definition) is 3. The van der Waals surface area contributed by atoms with Gasteiger partial charge in [-0.3, -0.25) is 9.59 Å². The first-order valence-corrected chi connectivity index (χ1v) is 8.70. The molecule has 0 spiro atoms. The van der Waals surface area contributed by atoms with Crippen molar-refractivity contribution in [1.29, 1.82) is 0 Å². The molecule has 140 valence electrons. The number of rotatable bonds is 4. The van der Waals surface area contributed by atoms with E-state index in [4.69, 9.17) is 0 Å². The fourth-order valence-corrected chi connectivity index (χ4v) is 3.23. The van der Waals surface area contributed by atoms with Gasteiger partial charge in [-0.25, -0.2) is 4.39 Å². The van der Waals surface area contributed by atoms with Gasteiger partial charge in [0.25, 0.3) is 5.91 Å². The minimum atomic E-state index is -0.657. The van der Waals surface area contributed by atoms with Gasteiger partial charge in [-0.1, -0.05) is 18.2 Å². The predicted octanol–water partition coefficient (Wildman–Crippen LogP) is 3.31. The minimum Gasteiger partial charge on any atom is -0.389 e. The van der Waals surface area contributed by atoms with E-state index < -0.39 is 17.8 Å². The average Bonchev–Trinajstić information content (AvgIpc) is 2.63. The van der Waals surface area contributed by atoms with Gasteiger partial charge in [0.1, 0.15) is 5.82 Å². The first kappa shape index (κ1) is 18.8. The molecule has 0 fully saturated rings. The second kappa shape index (κ2) is 7.72. The molecule has 1 heterocycles. The Hall–Kier alpha value is -2.99. The zero-order valence-electron chi connectivity index (χ0n) is 15.1. The third-order valence-electron chi connectivity index (χ3n) is 4.65. The van der Waals surface area contributed by atoms with Gasteiger partial charge < -0.3 is 15.7 Å². The van der Waals surface area contributed by atoms with Crippen LogP contribution in [0.15, 0.2) is 54.2 Å². The zero-order chi connectivity index (χ0) is 19.6. The van der Waals surface area contributed by atoms with E-state index in [-0.39, 0.29) is 18.2 Å². The zero-order valence-corrected chi connectivity index (χ0v) is 15.1. The van der Waals surface area contributed by atoms with Crippen LogP contribution in [0.4, 0.5) is 10.1 Å². The summed E-state index contributed by atoms with van der Waals surface area (Å²) in [6, 6.07) is 11.2. The van der Waals surface area contributed by atoms with Crippen LogP contribution in [0, 0.1) is 12.7 Å². The van der Waals surface area contributed by atoms with Gasteiger partial charge in [0.2, 0.25) is 5.91 Å². The monoisotopic (exact) mass is 368 g/mol. The Morgan fingerprint density at radius 1 is 1.30 bits per heavy atom. The van der Waals surface area contributed by atoms with Crippen LogP contribution >= 0.6 is 0 Å². The Bertz CT molecular complexity index is 921. The van der Waals surface area contributed by atoms with E-state index in [0.29, 0.717) is 16.8 Å². The Morgan fingerprint density at radius 2 is 2.07 bits per heavy atom. The number of benzene rings is 2. The molecule has 2 amide bonds. The van der Waals surface area contributed by atoms with Crippen LogP contribution < -0.4 is 10.6 Å². The maximum absolute atomic E-state index is 13.6. The van der Waals surface area contributed by atoms with Crippen LogP contribution in [0.5, 0.6) is 0 Å². The molecule has 3 rings (SSSR count). The van der Waals surface area contributed by atoms with Gasteiger partial charge in [0, 0.05) is 29.8 Å². The third-order valence-corrected chi connectivity index (χ3v) is 4.65. The maximum atomic E-state index is 13.6. The van der Waals surface area contributed by atoms with Crippen LogP contribution in [0.3, 0.4) is 0 Å². The van der Waals surface area contributed by atoms with Crippen LogP contribution in [-0.2, 0) is 9.59 Å². The van der Waals surface area contributed by atoms with Crippen molar-refractivity contribution in [2.45, 2.75) is 32.3 Å². The van der Waals surface area contributed by atoms with Gasteiger partial charge in [-0.2, -0.15) is 0 Å². The molecule has 0 saturated heterocycles. The number of aliphatic hydroxyl groups is 1. The molecule has 1 aliphatic heterocycles. The molecule has 0 aromatic heterocycles. The Kier molecular flexibility index (Phi) is 5.37. The van der Waals surface area contributed by atoms with Gasteiger partial charge in [-0.05, 0) is 54.8 Å². The molecule has 0 saturated carbocycles. The summed E-state index contributed by atoms with van der Waals surface area (Å²) in [5.74, 6) is -1.56. The molecule has 2 aromatic rings. The standard InChI is InChI=1S/C21H21FN2O3/c1-12-6-7-16(9-17(12)13(2)25)24-21(27)19-11-23-20(26)10-18(19)14-4-3-5-15(22)8-14/h3-9,11,13,18,25H,10H2,1-2H3,(H,23,26)(H,24,27). The Labute approximate surface area is 156 Å². The fourth-order valence-electron chi connectivity index (χ4n) is 3.23. The lowest BCUT2D eigenvalue weighted by molar-refractivity contribution is -0.121. The van der Waals surface area contributed by atoms with Gasteiger partial charge in [0.05, 0.1) is 6.10 Å². The second-order valence-electron chi connectivity index (χ2n) is 6.68. The lowest BCUT2D eigenvalue weighted by atomic mass is 9.86. The molecule has 0 aliphatic carbocycles. The Balaban J connectivity index is 1.88. The summed E-state index contributed by atoms with van der Waals surface area (Å²) < 4.78 is 13.6. The summed E-state index contributed by atoms with van der Waals surface area (Å²) in [5, 5.41) is 15.2. The number of anilines is 1. The van der Waals surface area contributed by atoms with E-state index in [9.17, 15) is 19.1 Å².